The Labute approximate surface area is 114 Å². The van der Waals surface area contributed by atoms with Crippen molar-refractivity contribution in [2.45, 2.75) is 18.9 Å². The summed E-state index contributed by atoms with van der Waals surface area (Å²) < 4.78 is 0.905. The molecule has 5 heteroatoms. The Morgan fingerprint density at radius 2 is 2.33 bits per heavy atom. The van der Waals surface area contributed by atoms with Crippen LogP contribution in [0.25, 0.3) is 0 Å². The largest absolute Gasteiger partial charge is 0.465 e. The lowest BCUT2D eigenvalue weighted by molar-refractivity contribution is 0.148. The normalized spacial score (nSPS) is 18.3. The Morgan fingerprint density at radius 1 is 1.56 bits per heavy atom. The highest BCUT2D eigenvalue weighted by Crippen LogP contribution is 2.19. The van der Waals surface area contributed by atoms with Crippen molar-refractivity contribution in [1.29, 1.82) is 0 Å². The van der Waals surface area contributed by atoms with Gasteiger partial charge in [-0.25, -0.2) is 4.79 Å². The molecular formula is C13H13BrN2O2. The molecule has 0 spiro atoms. The van der Waals surface area contributed by atoms with Crippen molar-refractivity contribution in [3.8, 4) is 11.8 Å². The van der Waals surface area contributed by atoms with Gasteiger partial charge in [-0.15, -0.1) is 0 Å². The van der Waals surface area contributed by atoms with Crippen molar-refractivity contribution in [3.63, 3.8) is 0 Å². The maximum absolute atomic E-state index is 11.0. The van der Waals surface area contributed by atoms with Crippen molar-refractivity contribution in [2.75, 3.05) is 12.3 Å². The first-order valence-electron chi connectivity index (χ1n) is 5.64. The zero-order valence-corrected chi connectivity index (χ0v) is 11.3. The van der Waals surface area contributed by atoms with E-state index in [1.165, 1.54) is 4.90 Å². The second kappa shape index (κ2) is 5.32. The Kier molecular flexibility index (Phi) is 3.78. The van der Waals surface area contributed by atoms with Crippen LogP contribution in [0.4, 0.5) is 10.5 Å². The molecule has 1 saturated heterocycles. The summed E-state index contributed by atoms with van der Waals surface area (Å²) in [5, 5.41) is 9.01. The lowest BCUT2D eigenvalue weighted by atomic mass is 10.1. The highest BCUT2D eigenvalue weighted by Gasteiger charge is 2.26. The van der Waals surface area contributed by atoms with E-state index in [1.54, 1.807) is 6.07 Å². The number of hydrogen-bond acceptors (Lipinski definition) is 2. The predicted molar refractivity (Wildman–Crippen MR) is 73.2 cm³/mol. The van der Waals surface area contributed by atoms with Crippen LogP contribution in [0.3, 0.4) is 0 Å². The molecule has 3 N–H and O–H groups in total. The van der Waals surface area contributed by atoms with Crippen LogP contribution in [-0.4, -0.2) is 28.7 Å². The molecule has 1 aromatic carbocycles. The summed E-state index contributed by atoms with van der Waals surface area (Å²) in [6.45, 7) is 0.558. The van der Waals surface area contributed by atoms with E-state index in [2.05, 4.69) is 27.8 Å². The van der Waals surface area contributed by atoms with E-state index in [1.807, 2.05) is 12.1 Å². The zero-order valence-electron chi connectivity index (χ0n) is 9.69. The fourth-order valence-corrected chi connectivity index (χ4v) is 2.30. The minimum atomic E-state index is -0.908. The first-order chi connectivity index (χ1) is 8.58. The van der Waals surface area contributed by atoms with Gasteiger partial charge in [0, 0.05) is 22.3 Å². The van der Waals surface area contributed by atoms with Crippen molar-refractivity contribution in [1.82, 2.24) is 4.90 Å². The van der Waals surface area contributed by atoms with E-state index in [4.69, 9.17) is 10.8 Å². The fourth-order valence-electron chi connectivity index (χ4n) is 1.94. The van der Waals surface area contributed by atoms with Gasteiger partial charge < -0.3 is 10.8 Å². The number of amides is 1. The van der Waals surface area contributed by atoms with E-state index in [0.29, 0.717) is 12.2 Å². The molecule has 1 aliphatic heterocycles. The lowest BCUT2D eigenvalue weighted by Gasteiger charge is -2.15. The average molecular weight is 309 g/mol. The number of nitrogen functional groups attached to an aromatic ring is 1. The smallest absolute Gasteiger partial charge is 0.408 e. The van der Waals surface area contributed by atoms with Crippen LogP contribution in [-0.2, 0) is 0 Å². The molecule has 0 radical (unpaired) electrons. The molecular weight excluding hydrogens is 296 g/mol. The summed E-state index contributed by atoms with van der Waals surface area (Å²) in [6.07, 6.45) is 0.737. The van der Waals surface area contributed by atoms with Gasteiger partial charge in [0.1, 0.15) is 0 Å². The van der Waals surface area contributed by atoms with Gasteiger partial charge in [-0.1, -0.05) is 27.8 Å². The van der Waals surface area contributed by atoms with E-state index < -0.39 is 6.09 Å². The molecule has 1 atom stereocenters. The van der Waals surface area contributed by atoms with Crippen LogP contribution in [0.1, 0.15) is 18.4 Å². The average Bonchev–Trinajstić information content (AvgIpc) is 2.79. The third kappa shape index (κ3) is 2.77. The van der Waals surface area contributed by atoms with E-state index in [9.17, 15) is 4.79 Å². The Bertz CT molecular complexity index is 534. The van der Waals surface area contributed by atoms with Gasteiger partial charge in [-0.05, 0) is 31.0 Å². The van der Waals surface area contributed by atoms with Gasteiger partial charge in [0.05, 0.1) is 6.04 Å². The van der Waals surface area contributed by atoms with E-state index in [-0.39, 0.29) is 6.04 Å². The van der Waals surface area contributed by atoms with Crippen LogP contribution in [0.15, 0.2) is 22.7 Å². The molecule has 2 rings (SSSR count). The number of carbonyl (C=O) groups is 1. The fraction of sp³-hybridized carbons (Fsp3) is 0.308. The number of rotatable bonds is 0. The molecule has 0 aromatic heterocycles. The van der Waals surface area contributed by atoms with Gasteiger partial charge >= 0.3 is 6.09 Å². The number of halogens is 1. The number of nitrogens with zero attached hydrogens (tertiary/aromatic N) is 1. The Balaban J connectivity index is 2.21. The molecule has 94 valence electrons. The predicted octanol–water partition coefficient (Wildman–Crippen LogP) is 2.53. The first-order valence-corrected chi connectivity index (χ1v) is 6.43. The first kappa shape index (κ1) is 12.8. The topological polar surface area (TPSA) is 66.6 Å². The van der Waals surface area contributed by atoms with Crippen LogP contribution < -0.4 is 5.73 Å². The second-order valence-corrected chi connectivity index (χ2v) is 5.05. The summed E-state index contributed by atoms with van der Waals surface area (Å²) in [6, 6.07) is 5.24. The van der Waals surface area contributed by atoms with E-state index in [0.717, 1.165) is 22.9 Å². The number of likely N-dealkylation sites (tertiary alicyclic amines) is 1. The lowest BCUT2D eigenvalue weighted by Crippen LogP contribution is -2.33. The van der Waals surface area contributed by atoms with Gasteiger partial charge in [-0.2, -0.15) is 0 Å². The molecule has 0 saturated carbocycles. The van der Waals surface area contributed by atoms with Crippen LogP contribution in [0.2, 0.25) is 0 Å². The zero-order chi connectivity index (χ0) is 13.1. The maximum Gasteiger partial charge on any atom is 0.408 e. The van der Waals surface area contributed by atoms with Crippen molar-refractivity contribution >= 4 is 27.7 Å². The van der Waals surface area contributed by atoms with E-state index >= 15 is 0 Å². The van der Waals surface area contributed by atoms with Gasteiger partial charge in [0.15, 0.2) is 0 Å². The highest BCUT2D eigenvalue weighted by molar-refractivity contribution is 9.10. The number of carboxylic acid groups (broad SMARTS) is 1. The number of hydrogen-bond donors (Lipinski definition) is 2. The van der Waals surface area contributed by atoms with Gasteiger partial charge in [-0.3, -0.25) is 4.90 Å². The minimum absolute atomic E-state index is 0.221. The summed E-state index contributed by atoms with van der Waals surface area (Å²) in [4.78, 5) is 12.3. The standard InChI is InChI=1S/C13H13BrN2O2/c14-10-4-6-12(15)9(8-10)3-5-11-2-1-7-16(11)13(17)18/h4,6,8,11H,1-2,7,15H2,(H,17,18). The molecule has 1 heterocycles. The SMILES string of the molecule is Nc1ccc(Br)cc1C#CC1CCCN1C(=O)O. The van der Waals surface area contributed by atoms with Crippen molar-refractivity contribution in [3.05, 3.63) is 28.2 Å². The van der Waals surface area contributed by atoms with Gasteiger partial charge in [0.2, 0.25) is 0 Å². The van der Waals surface area contributed by atoms with Crippen molar-refractivity contribution in [2.24, 2.45) is 0 Å². The molecule has 1 unspecified atom stereocenters. The quantitative estimate of drug-likeness (QED) is 0.572. The number of benzene rings is 1. The van der Waals surface area contributed by atoms with Crippen LogP contribution in [0, 0.1) is 11.8 Å². The molecule has 1 fully saturated rings. The molecule has 18 heavy (non-hydrogen) atoms. The second-order valence-electron chi connectivity index (χ2n) is 4.13. The number of nitrogens with two attached hydrogens (primary N) is 1. The van der Waals surface area contributed by atoms with Crippen molar-refractivity contribution < 1.29 is 9.90 Å². The Morgan fingerprint density at radius 3 is 3.06 bits per heavy atom. The molecule has 0 aliphatic carbocycles. The monoisotopic (exact) mass is 308 g/mol. The maximum atomic E-state index is 11.0. The molecule has 1 aromatic rings. The molecule has 0 bridgehead atoms. The highest BCUT2D eigenvalue weighted by atomic mass is 79.9. The summed E-state index contributed by atoms with van der Waals surface area (Å²) in [7, 11) is 0. The minimum Gasteiger partial charge on any atom is -0.465 e. The third-order valence-corrected chi connectivity index (χ3v) is 3.38. The molecule has 4 nitrogen and oxygen atoms in total. The Hall–Kier alpha value is -1.67. The third-order valence-electron chi connectivity index (χ3n) is 2.89. The number of anilines is 1. The molecule has 1 aliphatic rings. The summed E-state index contributed by atoms with van der Waals surface area (Å²) >= 11 is 3.36. The summed E-state index contributed by atoms with van der Waals surface area (Å²) in [5.41, 5.74) is 7.14. The summed E-state index contributed by atoms with van der Waals surface area (Å²) in [5.74, 6) is 5.96. The molecule has 1 amide bonds. The van der Waals surface area contributed by atoms with Crippen LogP contribution in [0.5, 0.6) is 0 Å². The van der Waals surface area contributed by atoms with Gasteiger partial charge in [0.25, 0.3) is 0 Å². The van der Waals surface area contributed by atoms with Crippen LogP contribution >= 0.6 is 15.9 Å².